The van der Waals surface area contributed by atoms with E-state index in [0.29, 0.717) is 29.0 Å². The highest BCUT2D eigenvalue weighted by atomic mass is 32.2. The number of rotatable bonds is 8. The van der Waals surface area contributed by atoms with Gasteiger partial charge in [-0.3, -0.25) is 4.79 Å². The first-order valence-corrected chi connectivity index (χ1v) is 11.5. The molecule has 1 unspecified atom stereocenters. The monoisotopic (exact) mass is 453 g/mol. The summed E-state index contributed by atoms with van der Waals surface area (Å²) in [5.41, 5.74) is 6.15. The van der Waals surface area contributed by atoms with E-state index in [0.717, 1.165) is 18.4 Å². The van der Waals surface area contributed by atoms with Gasteiger partial charge in [0, 0.05) is 30.4 Å². The lowest BCUT2D eigenvalue weighted by molar-refractivity contribution is -0.134. The van der Waals surface area contributed by atoms with E-state index in [1.54, 1.807) is 31.3 Å². The second-order valence-corrected chi connectivity index (χ2v) is 8.13. The Morgan fingerprint density at radius 1 is 1.34 bits per heavy atom. The van der Waals surface area contributed by atoms with Crippen LogP contribution in [0.3, 0.4) is 0 Å². The predicted octanol–water partition coefficient (Wildman–Crippen LogP) is 4.41. The molecule has 1 atom stereocenters. The molecule has 0 aliphatic heterocycles. The van der Waals surface area contributed by atoms with Gasteiger partial charge < -0.3 is 20.7 Å². The molecule has 1 aromatic carbocycles. The number of nitrogens with zero attached hydrogens (tertiary/aromatic N) is 3. The maximum Gasteiger partial charge on any atom is 0.409 e. The van der Waals surface area contributed by atoms with Crippen molar-refractivity contribution in [2.45, 2.75) is 43.9 Å². The van der Waals surface area contributed by atoms with Crippen LogP contribution in [0.1, 0.15) is 32.3 Å². The molecule has 1 aliphatic carbocycles. The van der Waals surface area contributed by atoms with Crippen LogP contribution in [0.4, 0.5) is 16.3 Å². The number of hydrogen-bond donors (Lipinski definition) is 2. The summed E-state index contributed by atoms with van der Waals surface area (Å²) in [5, 5.41) is 3.87. The minimum absolute atomic E-state index is 0.0245. The van der Waals surface area contributed by atoms with Crippen LogP contribution in [0, 0.1) is 0 Å². The Kier molecular flexibility index (Phi) is 7.53. The van der Waals surface area contributed by atoms with Gasteiger partial charge in [0.15, 0.2) is 5.16 Å². The second-order valence-electron chi connectivity index (χ2n) is 7.36. The highest BCUT2D eigenvalue weighted by Crippen LogP contribution is 2.33. The van der Waals surface area contributed by atoms with Gasteiger partial charge in [0.2, 0.25) is 5.91 Å². The molecular formula is C23H27N5O3S. The standard InChI is InChI=1S/C23H27N5O3S/c1-4-23(11-6-5-7-12-23)28(16(2)29)15-17-14-25-22(32-3)27-20(17)26-18-9-8-10-19(13-18)31-21(24)30/h5-11,13-14H,4,12,15H2,1-3H3,(H2,24,30)(H,25,26,27). The number of benzene rings is 1. The summed E-state index contributed by atoms with van der Waals surface area (Å²) in [5.74, 6) is 0.870. The Labute approximate surface area is 191 Å². The van der Waals surface area contributed by atoms with Crippen molar-refractivity contribution in [3.63, 3.8) is 0 Å². The molecule has 0 radical (unpaired) electrons. The van der Waals surface area contributed by atoms with Gasteiger partial charge in [0.1, 0.15) is 11.6 Å². The normalized spacial score (nSPS) is 17.1. The molecule has 168 valence electrons. The Morgan fingerprint density at radius 2 is 2.16 bits per heavy atom. The van der Waals surface area contributed by atoms with Gasteiger partial charge in [-0.15, -0.1) is 0 Å². The molecule has 1 aromatic heterocycles. The molecule has 0 spiro atoms. The third-order valence-corrected chi connectivity index (χ3v) is 5.89. The van der Waals surface area contributed by atoms with Crippen LogP contribution in [-0.2, 0) is 11.3 Å². The third-order valence-electron chi connectivity index (χ3n) is 5.32. The number of ether oxygens (including phenoxy) is 1. The van der Waals surface area contributed by atoms with Crippen LogP contribution < -0.4 is 15.8 Å². The van der Waals surface area contributed by atoms with Crippen molar-refractivity contribution in [2.75, 3.05) is 11.6 Å². The van der Waals surface area contributed by atoms with Gasteiger partial charge in [0.25, 0.3) is 0 Å². The molecule has 3 N–H and O–H groups in total. The Bertz CT molecular complexity index is 1060. The van der Waals surface area contributed by atoms with Crippen molar-refractivity contribution in [2.24, 2.45) is 5.73 Å². The number of amides is 2. The molecule has 2 amide bonds. The highest BCUT2D eigenvalue weighted by Gasteiger charge is 2.35. The van der Waals surface area contributed by atoms with E-state index in [-0.39, 0.29) is 5.91 Å². The van der Waals surface area contributed by atoms with Crippen LogP contribution in [0.5, 0.6) is 5.75 Å². The van der Waals surface area contributed by atoms with Crippen LogP contribution in [0.2, 0.25) is 0 Å². The number of anilines is 2. The van der Waals surface area contributed by atoms with Crippen LogP contribution in [0.25, 0.3) is 0 Å². The van der Waals surface area contributed by atoms with Crippen molar-refractivity contribution >= 4 is 35.3 Å². The Morgan fingerprint density at radius 3 is 2.78 bits per heavy atom. The number of aromatic nitrogens is 2. The molecule has 3 rings (SSSR count). The minimum atomic E-state index is -0.883. The van der Waals surface area contributed by atoms with Gasteiger partial charge in [-0.1, -0.05) is 49.1 Å². The number of carbonyl (C=O) groups is 2. The Balaban J connectivity index is 1.95. The summed E-state index contributed by atoms with van der Waals surface area (Å²) in [6.07, 6.45) is 12.4. The van der Waals surface area contributed by atoms with E-state index in [9.17, 15) is 9.59 Å². The lowest BCUT2D eigenvalue weighted by atomic mass is 9.86. The van der Waals surface area contributed by atoms with E-state index >= 15 is 0 Å². The number of nitrogens with two attached hydrogens (primary N) is 1. The molecule has 0 saturated carbocycles. The molecule has 32 heavy (non-hydrogen) atoms. The largest absolute Gasteiger partial charge is 0.410 e. The third kappa shape index (κ3) is 5.47. The predicted molar refractivity (Wildman–Crippen MR) is 126 cm³/mol. The lowest BCUT2D eigenvalue weighted by Crippen LogP contribution is -2.49. The number of nitrogens with one attached hydrogen (secondary N) is 1. The van der Waals surface area contributed by atoms with Crippen molar-refractivity contribution in [3.05, 3.63) is 60.3 Å². The minimum Gasteiger partial charge on any atom is -0.410 e. The fourth-order valence-corrected chi connectivity index (χ4v) is 4.00. The van der Waals surface area contributed by atoms with E-state index in [4.69, 9.17) is 10.5 Å². The van der Waals surface area contributed by atoms with Crippen LogP contribution in [0.15, 0.2) is 59.9 Å². The number of thioether (sulfide) groups is 1. The van der Waals surface area contributed by atoms with Gasteiger partial charge >= 0.3 is 6.09 Å². The molecule has 8 nitrogen and oxygen atoms in total. The number of allylic oxidation sites excluding steroid dienone is 2. The number of hydrogen-bond acceptors (Lipinski definition) is 7. The Hall–Kier alpha value is -3.33. The van der Waals surface area contributed by atoms with Crippen molar-refractivity contribution in [3.8, 4) is 5.75 Å². The van der Waals surface area contributed by atoms with E-state index in [1.165, 1.54) is 11.8 Å². The van der Waals surface area contributed by atoms with Crippen molar-refractivity contribution < 1.29 is 14.3 Å². The zero-order valence-corrected chi connectivity index (χ0v) is 19.2. The van der Waals surface area contributed by atoms with E-state index in [1.807, 2.05) is 29.4 Å². The average molecular weight is 454 g/mol. The van der Waals surface area contributed by atoms with Gasteiger partial charge in [-0.2, -0.15) is 0 Å². The second kappa shape index (κ2) is 10.3. The number of primary amides is 1. The summed E-state index contributed by atoms with van der Waals surface area (Å²) in [6, 6.07) is 6.85. The fraction of sp³-hybridized carbons (Fsp3) is 0.304. The first-order valence-electron chi connectivity index (χ1n) is 10.2. The molecule has 9 heteroatoms. The van der Waals surface area contributed by atoms with Crippen molar-refractivity contribution in [1.82, 2.24) is 14.9 Å². The van der Waals surface area contributed by atoms with Gasteiger partial charge in [-0.25, -0.2) is 14.8 Å². The van der Waals surface area contributed by atoms with Gasteiger partial charge in [-0.05, 0) is 31.2 Å². The van der Waals surface area contributed by atoms with E-state index < -0.39 is 11.6 Å². The topological polar surface area (TPSA) is 110 Å². The summed E-state index contributed by atoms with van der Waals surface area (Å²) >= 11 is 1.42. The molecule has 1 heterocycles. The number of carbonyl (C=O) groups excluding carboxylic acids is 2. The zero-order chi connectivity index (χ0) is 23.1. The smallest absolute Gasteiger partial charge is 0.409 e. The van der Waals surface area contributed by atoms with Crippen LogP contribution >= 0.6 is 11.8 Å². The molecule has 1 aliphatic rings. The first kappa shape index (κ1) is 23.3. The average Bonchev–Trinajstić information content (AvgIpc) is 2.78. The first-order chi connectivity index (χ1) is 15.4. The highest BCUT2D eigenvalue weighted by molar-refractivity contribution is 7.98. The quantitative estimate of drug-likeness (QED) is 0.450. The molecule has 0 fully saturated rings. The fourth-order valence-electron chi connectivity index (χ4n) is 3.66. The van der Waals surface area contributed by atoms with Crippen LogP contribution in [-0.4, -0.2) is 38.7 Å². The van der Waals surface area contributed by atoms with Crippen molar-refractivity contribution in [1.29, 1.82) is 0 Å². The van der Waals surface area contributed by atoms with E-state index in [2.05, 4.69) is 34.4 Å². The van der Waals surface area contributed by atoms with Gasteiger partial charge in [0.05, 0.1) is 12.1 Å². The molecular weight excluding hydrogens is 426 g/mol. The lowest BCUT2D eigenvalue weighted by Gasteiger charge is -2.42. The zero-order valence-electron chi connectivity index (χ0n) is 18.4. The maximum absolute atomic E-state index is 12.7. The summed E-state index contributed by atoms with van der Waals surface area (Å²) in [7, 11) is 0. The summed E-state index contributed by atoms with van der Waals surface area (Å²) in [6.45, 7) is 4.00. The molecule has 2 aromatic rings. The molecule has 0 saturated heterocycles. The summed E-state index contributed by atoms with van der Waals surface area (Å²) < 4.78 is 4.97. The summed E-state index contributed by atoms with van der Waals surface area (Å²) in [4.78, 5) is 34.7. The SMILES string of the molecule is CCC1(N(Cc2cnc(SC)nc2Nc2cccc(OC(N)=O)c2)C(C)=O)C=CC=CC1. The maximum atomic E-state index is 12.7. The molecule has 0 bridgehead atoms.